The van der Waals surface area contributed by atoms with Crippen molar-refractivity contribution in [2.75, 3.05) is 5.32 Å². The van der Waals surface area contributed by atoms with Crippen LogP contribution in [0, 0.1) is 0 Å². The van der Waals surface area contributed by atoms with E-state index < -0.39 is 0 Å². The van der Waals surface area contributed by atoms with Crippen molar-refractivity contribution in [2.24, 2.45) is 5.73 Å². The Hall–Kier alpha value is -2.93. The molecule has 29 heavy (non-hydrogen) atoms. The summed E-state index contributed by atoms with van der Waals surface area (Å²) in [7, 11) is 0. The molecule has 1 aromatic carbocycles. The number of benzene rings is 1. The molecule has 152 valence electrons. The molecule has 0 bridgehead atoms. The van der Waals surface area contributed by atoms with Gasteiger partial charge >= 0.3 is 0 Å². The highest BCUT2D eigenvalue weighted by Gasteiger charge is 2.25. The Labute approximate surface area is 170 Å². The van der Waals surface area contributed by atoms with Gasteiger partial charge in [0.2, 0.25) is 0 Å². The number of carbonyl (C=O) groups is 1. The van der Waals surface area contributed by atoms with Gasteiger partial charge in [-0.25, -0.2) is 9.67 Å². The highest BCUT2D eigenvalue weighted by molar-refractivity contribution is 6.06. The van der Waals surface area contributed by atoms with Crippen LogP contribution in [-0.4, -0.2) is 32.8 Å². The number of carbonyl (C=O) groups excluding carboxylic acids is 1. The Balaban J connectivity index is 1.65. The summed E-state index contributed by atoms with van der Waals surface area (Å²) in [6.07, 6.45) is 7.73. The number of anilines is 1. The average molecular weight is 393 g/mol. The number of nitrogens with zero attached hydrogens (tertiary/aromatic N) is 3. The van der Waals surface area contributed by atoms with Gasteiger partial charge in [0, 0.05) is 31.4 Å². The zero-order valence-electron chi connectivity index (χ0n) is 16.8. The predicted molar refractivity (Wildman–Crippen MR) is 115 cm³/mol. The van der Waals surface area contributed by atoms with Gasteiger partial charge in [-0.1, -0.05) is 43.2 Å². The van der Waals surface area contributed by atoms with Crippen LogP contribution in [0.3, 0.4) is 0 Å². The molecule has 1 aliphatic carbocycles. The molecule has 4 rings (SSSR count). The molecule has 0 aliphatic heterocycles. The largest absolute Gasteiger partial charge is 0.379 e. The Morgan fingerprint density at radius 1 is 1.21 bits per heavy atom. The molecule has 0 unspecified atom stereocenters. The summed E-state index contributed by atoms with van der Waals surface area (Å²) in [4.78, 5) is 17.6. The van der Waals surface area contributed by atoms with Crippen LogP contribution in [0.15, 0.2) is 42.7 Å². The van der Waals surface area contributed by atoms with Crippen LogP contribution in [-0.2, 0) is 13.1 Å². The quantitative estimate of drug-likeness (QED) is 0.599. The molecule has 0 radical (unpaired) electrons. The van der Waals surface area contributed by atoms with E-state index in [-0.39, 0.29) is 18.0 Å². The number of aromatic nitrogens is 3. The summed E-state index contributed by atoms with van der Waals surface area (Å²) < 4.78 is 1.84. The maximum atomic E-state index is 13.0. The first-order chi connectivity index (χ1) is 14.2. The second-order valence-electron chi connectivity index (χ2n) is 7.61. The number of nitrogens with two attached hydrogens (primary N) is 1. The number of nitrogens with one attached hydrogen (secondary N) is 2. The van der Waals surface area contributed by atoms with E-state index in [1.807, 2.05) is 41.9 Å². The van der Waals surface area contributed by atoms with E-state index in [2.05, 4.69) is 20.7 Å². The van der Waals surface area contributed by atoms with Gasteiger partial charge in [-0.2, -0.15) is 5.10 Å². The number of amides is 1. The van der Waals surface area contributed by atoms with Crippen molar-refractivity contribution in [1.29, 1.82) is 0 Å². The van der Waals surface area contributed by atoms with E-state index in [9.17, 15) is 4.79 Å². The molecule has 4 N–H and O–H groups in total. The van der Waals surface area contributed by atoms with Gasteiger partial charge in [0.15, 0.2) is 5.65 Å². The molecule has 3 aromatic rings. The summed E-state index contributed by atoms with van der Waals surface area (Å²) in [5.74, 6) is -0.153. The van der Waals surface area contributed by atoms with Crippen LogP contribution in [0.1, 0.15) is 48.5 Å². The third-order valence-electron chi connectivity index (χ3n) is 5.66. The third kappa shape index (κ3) is 4.10. The van der Waals surface area contributed by atoms with Crippen molar-refractivity contribution in [1.82, 2.24) is 20.1 Å². The molecule has 2 heterocycles. The number of rotatable bonds is 6. The normalized spacial score (nSPS) is 19.2. The fourth-order valence-electron chi connectivity index (χ4n) is 3.98. The first kappa shape index (κ1) is 19.4. The zero-order valence-corrected chi connectivity index (χ0v) is 16.8. The fourth-order valence-corrected chi connectivity index (χ4v) is 3.98. The Kier molecular flexibility index (Phi) is 5.76. The molecule has 7 nitrogen and oxygen atoms in total. The molecule has 1 aliphatic rings. The molecule has 1 fully saturated rings. The van der Waals surface area contributed by atoms with Gasteiger partial charge < -0.3 is 16.4 Å². The molecule has 2 atom stereocenters. The van der Waals surface area contributed by atoms with Gasteiger partial charge in [0.1, 0.15) is 0 Å². The molecule has 1 amide bonds. The standard InChI is InChI=1S/C22H28N6O/c1-2-28-21-16(14-26-28)20(27-19-11-7-6-10-18(19)23)17(13-24-21)22(29)25-12-15-8-4-3-5-9-15/h3-5,8-9,13-14,18-19H,2,6-7,10-12,23H2,1H3,(H,24,27)(H,25,29)/t18-,19-/m1/s1. The van der Waals surface area contributed by atoms with Crippen LogP contribution < -0.4 is 16.4 Å². The number of pyridine rings is 1. The first-order valence-corrected chi connectivity index (χ1v) is 10.4. The second kappa shape index (κ2) is 8.61. The lowest BCUT2D eigenvalue weighted by Crippen LogP contribution is -2.43. The minimum atomic E-state index is -0.153. The van der Waals surface area contributed by atoms with E-state index in [1.165, 1.54) is 0 Å². The van der Waals surface area contributed by atoms with E-state index in [1.54, 1.807) is 12.4 Å². The van der Waals surface area contributed by atoms with Crippen LogP contribution in [0.4, 0.5) is 5.69 Å². The minimum absolute atomic E-state index is 0.0772. The topological polar surface area (TPSA) is 97.9 Å². The van der Waals surface area contributed by atoms with E-state index in [4.69, 9.17) is 5.73 Å². The zero-order chi connectivity index (χ0) is 20.2. The Morgan fingerprint density at radius 3 is 2.76 bits per heavy atom. The van der Waals surface area contributed by atoms with Gasteiger partial charge in [-0.05, 0) is 25.3 Å². The number of fused-ring (bicyclic) bond motifs is 1. The molecule has 0 saturated heterocycles. The fraction of sp³-hybridized carbons (Fsp3) is 0.409. The van der Waals surface area contributed by atoms with Crippen LogP contribution >= 0.6 is 0 Å². The summed E-state index contributed by atoms with van der Waals surface area (Å²) in [5, 5.41) is 11.9. The van der Waals surface area contributed by atoms with Crippen molar-refractivity contribution in [3.8, 4) is 0 Å². The van der Waals surface area contributed by atoms with Crippen molar-refractivity contribution >= 4 is 22.6 Å². The highest BCUT2D eigenvalue weighted by atomic mass is 16.1. The maximum absolute atomic E-state index is 13.0. The van der Waals surface area contributed by atoms with Gasteiger partial charge in [0.25, 0.3) is 5.91 Å². The maximum Gasteiger partial charge on any atom is 0.255 e. The molecule has 7 heteroatoms. The van der Waals surface area contributed by atoms with Gasteiger partial charge in [-0.3, -0.25) is 4.79 Å². The molecular formula is C22H28N6O. The highest BCUT2D eigenvalue weighted by Crippen LogP contribution is 2.29. The van der Waals surface area contributed by atoms with Crippen LogP contribution in [0.2, 0.25) is 0 Å². The van der Waals surface area contributed by atoms with Crippen molar-refractivity contribution in [3.63, 3.8) is 0 Å². The van der Waals surface area contributed by atoms with Crippen molar-refractivity contribution < 1.29 is 4.79 Å². The second-order valence-corrected chi connectivity index (χ2v) is 7.61. The third-order valence-corrected chi connectivity index (χ3v) is 5.66. The Morgan fingerprint density at radius 2 is 2.00 bits per heavy atom. The molecular weight excluding hydrogens is 364 g/mol. The smallest absolute Gasteiger partial charge is 0.255 e. The number of aryl methyl sites for hydroxylation is 1. The van der Waals surface area contributed by atoms with Gasteiger partial charge in [-0.15, -0.1) is 0 Å². The molecule has 1 saturated carbocycles. The van der Waals surface area contributed by atoms with Gasteiger partial charge in [0.05, 0.1) is 22.8 Å². The Bertz CT molecular complexity index is 984. The SMILES string of the molecule is CCn1ncc2c(N[C@@H]3CCCC[C@H]3N)c(C(=O)NCc3ccccc3)cnc21. The van der Waals surface area contributed by atoms with E-state index >= 15 is 0 Å². The summed E-state index contributed by atoms with van der Waals surface area (Å²) in [5.41, 5.74) is 9.50. The van der Waals surface area contributed by atoms with E-state index in [0.29, 0.717) is 12.1 Å². The number of hydrogen-bond acceptors (Lipinski definition) is 5. The average Bonchev–Trinajstić information content (AvgIpc) is 3.18. The lowest BCUT2D eigenvalue weighted by Gasteiger charge is -2.31. The molecule has 0 spiro atoms. The van der Waals surface area contributed by atoms with Crippen LogP contribution in [0.25, 0.3) is 11.0 Å². The lowest BCUT2D eigenvalue weighted by molar-refractivity contribution is 0.0951. The first-order valence-electron chi connectivity index (χ1n) is 10.4. The predicted octanol–water partition coefficient (Wildman–Crippen LogP) is 3.06. The monoisotopic (exact) mass is 392 g/mol. The van der Waals surface area contributed by atoms with Crippen molar-refractivity contribution in [3.05, 3.63) is 53.9 Å². The van der Waals surface area contributed by atoms with E-state index in [0.717, 1.165) is 54.5 Å². The van der Waals surface area contributed by atoms with Crippen LogP contribution in [0.5, 0.6) is 0 Å². The summed E-state index contributed by atoms with van der Waals surface area (Å²) in [6.45, 7) is 3.21. The lowest BCUT2D eigenvalue weighted by atomic mass is 9.90. The van der Waals surface area contributed by atoms with Crippen molar-refractivity contribution in [2.45, 2.75) is 57.8 Å². The number of hydrogen-bond donors (Lipinski definition) is 3. The molecule has 2 aromatic heterocycles. The summed E-state index contributed by atoms with van der Waals surface area (Å²) >= 11 is 0. The summed E-state index contributed by atoms with van der Waals surface area (Å²) in [6, 6.07) is 10.1. The minimum Gasteiger partial charge on any atom is -0.379 e.